The molecule has 106 valence electrons. The summed E-state index contributed by atoms with van der Waals surface area (Å²) in [5.41, 5.74) is 1.63. The molecule has 0 aliphatic rings. The first-order valence-electron chi connectivity index (χ1n) is 5.89. The van der Waals surface area contributed by atoms with Crippen LogP contribution in [-0.4, -0.2) is 26.3 Å². The van der Waals surface area contributed by atoms with E-state index >= 15 is 0 Å². The van der Waals surface area contributed by atoms with E-state index in [0.717, 1.165) is 5.56 Å². The molecule has 1 rings (SSSR count). The molecule has 0 spiro atoms. The van der Waals surface area contributed by atoms with Gasteiger partial charge in [0.2, 0.25) is 10.0 Å². The fourth-order valence-corrected chi connectivity index (χ4v) is 2.56. The van der Waals surface area contributed by atoms with Crippen molar-refractivity contribution in [3.05, 3.63) is 42.0 Å². The molecule has 1 aromatic carbocycles. The van der Waals surface area contributed by atoms with Gasteiger partial charge in [-0.05, 0) is 38.0 Å². The predicted octanol–water partition coefficient (Wildman–Crippen LogP) is 2.10. The minimum atomic E-state index is -3.52. The van der Waals surface area contributed by atoms with Crippen LogP contribution in [0.2, 0.25) is 0 Å². The molecule has 0 saturated heterocycles. The summed E-state index contributed by atoms with van der Waals surface area (Å²) in [4.78, 5) is 4.43. The molecule has 1 unspecified atom stereocenters. The molecule has 5 nitrogen and oxygen atoms in total. The lowest BCUT2D eigenvalue weighted by Crippen LogP contribution is -2.28. The first-order valence-corrected chi connectivity index (χ1v) is 7.37. The molecule has 0 saturated carbocycles. The van der Waals surface area contributed by atoms with Crippen LogP contribution in [0.4, 0.5) is 0 Å². The van der Waals surface area contributed by atoms with E-state index in [0.29, 0.717) is 12.0 Å². The number of nitrogens with one attached hydrogen (secondary N) is 1. The third-order valence-electron chi connectivity index (χ3n) is 2.71. The molecular weight excluding hydrogens is 266 g/mol. The summed E-state index contributed by atoms with van der Waals surface area (Å²) in [6.45, 7) is 7.40. The molecule has 0 aromatic heterocycles. The number of hydrogen-bond donors (Lipinski definition) is 2. The van der Waals surface area contributed by atoms with Crippen LogP contribution in [0.5, 0.6) is 0 Å². The van der Waals surface area contributed by atoms with Crippen LogP contribution in [-0.2, 0) is 14.9 Å². The van der Waals surface area contributed by atoms with E-state index in [-0.39, 0.29) is 11.4 Å². The molecule has 0 aliphatic heterocycles. The summed E-state index contributed by atoms with van der Waals surface area (Å²) in [6.07, 6.45) is -0.252. The van der Waals surface area contributed by atoms with E-state index in [2.05, 4.69) is 16.2 Å². The summed E-state index contributed by atoms with van der Waals surface area (Å²) >= 11 is 0. The zero-order valence-electron chi connectivity index (χ0n) is 11.1. The van der Waals surface area contributed by atoms with Gasteiger partial charge in [-0.25, -0.2) is 18.0 Å². The van der Waals surface area contributed by atoms with E-state index in [9.17, 15) is 8.42 Å². The lowest BCUT2D eigenvalue weighted by molar-refractivity contribution is -0.269. The summed E-state index contributed by atoms with van der Waals surface area (Å²) < 4.78 is 26.3. The maximum atomic E-state index is 11.9. The van der Waals surface area contributed by atoms with Gasteiger partial charge in [0.05, 0.1) is 4.90 Å². The van der Waals surface area contributed by atoms with Crippen molar-refractivity contribution >= 4 is 10.0 Å². The minimum absolute atomic E-state index is 0.161. The number of benzene rings is 1. The molecule has 0 bridgehead atoms. The van der Waals surface area contributed by atoms with Crippen molar-refractivity contribution in [3.63, 3.8) is 0 Å². The second-order valence-electron chi connectivity index (χ2n) is 4.44. The standard InChI is InChI=1S/C13H19NO4S/c1-10(2)13(18-15)8-9-14-19(16,17)12-6-4-11(3)5-7-12/h4-7,13-15H,1,8-9H2,2-3H3. The van der Waals surface area contributed by atoms with Crippen LogP contribution in [0.25, 0.3) is 0 Å². The van der Waals surface area contributed by atoms with E-state index < -0.39 is 16.1 Å². The first kappa shape index (κ1) is 15.8. The van der Waals surface area contributed by atoms with E-state index in [4.69, 9.17) is 5.26 Å². The van der Waals surface area contributed by atoms with E-state index in [1.807, 2.05) is 6.92 Å². The van der Waals surface area contributed by atoms with E-state index in [1.54, 1.807) is 31.2 Å². The molecule has 19 heavy (non-hydrogen) atoms. The average molecular weight is 285 g/mol. The van der Waals surface area contributed by atoms with Crippen molar-refractivity contribution in [2.24, 2.45) is 0 Å². The summed E-state index contributed by atoms with van der Waals surface area (Å²) in [5.74, 6) is 0. The van der Waals surface area contributed by atoms with Gasteiger partial charge < -0.3 is 0 Å². The smallest absolute Gasteiger partial charge is 0.240 e. The Labute approximate surface area is 113 Å². The van der Waals surface area contributed by atoms with Crippen molar-refractivity contribution in [2.45, 2.75) is 31.3 Å². The molecule has 2 N–H and O–H groups in total. The molecule has 0 radical (unpaired) electrons. The number of hydrogen-bond acceptors (Lipinski definition) is 4. The monoisotopic (exact) mass is 285 g/mol. The van der Waals surface area contributed by atoms with Gasteiger partial charge in [0, 0.05) is 6.54 Å². The zero-order valence-corrected chi connectivity index (χ0v) is 11.9. The Balaban J connectivity index is 2.61. The van der Waals surface area contributed by atoms with Gasteiger partial charge in [0.15, 0.2) is 0 Å². The summed E-state index contributed by atoms with van der Waals surface area (Å²) in [6, 6.07) is 6.58. The normalized spacial score (nSPS) is 13.2. The Bertz CT molecular complexity index is 522. The Morgan fingerprint density at radius 1 is 1.42 bits per heavy atom. The van der Waals surface area contributed by atoms with Crippen LogP contribution >= 0.6 is 0 Å². The maximum Gasteiger partial charge on any atom is 0.240 e. The van der Waals surface area contributed by atoms with E-state index in [1.165, 1.54) is 0 Å². The fraction of sp³-hybridized carbons (Fsp3) is 0.385. The predicted molar refractivity (Wildman–Crippen MR) is 73.3 cm³/mol. The van der Waals surface area contributed by atoms with Crippen molar-refractivity contribution in [1.82, 2.24) is 4.72 Å². The van der Waals surface area contributed by atoms with Gasteiger partial charge in [-0.3, -0.25) is 5.26 Å². The second-order valence-corrected chi connectivity index (χ2v) is 6.21. The molecule has 1 atom stereocenters. The van der Waals surface area contributed by atoms with Crippen LogP contribution in [0, 0.1) is 6.92 Å². The van der Waals surface area contributed by atoms with Crippen molar-refractivity contribution in [2.75, 3.05) is 6.54 Å². The highest BCUT2D eigenvalue weighted by molar-refractivity contribution is 7.89. The highest BCUT2D eigenvalue weighted by Crippen LogP contribution is 2.11. The molecule has 0 heterocycles. The Kier molecular flexibility index (Phi) is 5.68. The topological polar surface area (TPSA) is 75.6 Å². The SMILES string of the molecule is C=C(C)C(CCNS(=O)(=O)c1ccc(C)cc1)OO. The highest BCUT2D eigenvalue weighted by atomic mass is 32.2. The maximum absolute atomic E-state index is 11.9. The number of rotatable bonds is 7. The summed E-state index contributed by atoms with van der Waals surface area (Å²) in [5, 5.41) is 8.64. The zero-order chi connectivity index (χ0) is 14.5. The summed E-state index contributed by atoms with van der Waals surface area (Å²) in [7, 11) is -3.52. The molecule has 6 heteroatoms. The molecular formula is C13H19NO4S. The quantitative estimate of drug-likeness (QED) is 0.457. The van der Waals surface area contributed by atoms with Gasteiger partial charge in [-0.1, -0.05) is 24.3 Å². The molecule has 0 aliphatic carbocycles. The fourth-order valence-electron chi connectivity index (χ4n) is 1.51. The van der Waals surface area contributed by atoms with Gasteiger partial charge >= 0.3 is 0 Å². The van der Waals surface area contributed by atoms with Gasteiger partial charge in [0.25, 0.3) is 0 Å². The molecule has 0 amide bonds. The van der Waals surface area contributed by atoms with Gasteiger partial charge in [-0.15, -0.1) is 0 Å². The Morgan fingerprint density at radius 3 is 2.47 bits per heavy atom. The van der Waals surface area contributed by atoms with Crippen LogP contribution in [0.3, 0.4) is 0 Å². The highest BCUT2D eigenvalue weighted by Gasteiger charge is 2.15. The first-order chi connectivity index (χ1) is 8.86. The largest absolute Gasteiger partial charge is 0.251 e. The van der Waals surface area contributed by atoms with Crippen molar-refractivity contribution in [1.29, 1.82) is 0 Å². The average Bonchev–Trinajstić information content (AvgIpc) is 2.34. The number of sulfonamides is 1. The number of aryl methyl sites for hydroxylation is 1. The van der Waals surface area contributed by atoms with Crippen molar-refractivity contribution < 1.29 is 18.6 Å². The second kappa shape index (κ2) is 6.81. The Hall–Kier alpha value is -1.21. The minimum Gasteiger partial charge on any atom is -0.251 e. The molecule has 0 fully saturated rings. The Morgan fingerprint density at radius 2 is 2.00 bits per heavy atom. The molecule has 1 aromatic rings. The lowest BCUT2D eigenvalue weighted by atomic mass is 10.1. The van der Waals surface area contributed by atoms with Crippen LogP contribution < -0.4 is 4.72 Å². The third-order valence-corrected chi connectivity index (χ3v) is 4.18. The lowest BCUT2D eigenvalue weighted by Gasteiger charge is -2.13. The van der Waals surface area contributed by atoms with Gasteiger partial charge in [-0.2, -0.15) is 0 Å². The van der Waals surface area contributed by atoms with Crippen LogP contribution in [0.15, 0.2) is 41.3 Å². The third kappa shape index (κ3) is 4.76. The van der Waals surface area contributed by atoms with Gasteiger partial charge in [0.1, 0.15) is 6.10 Å². The van der Waals surface area contributed by atoms with Crippen molar-refractivity contribution in [3.8, 4) is 0 Å². The van der Waals surface area contributed by atoms with Crippen LogP contribution in [0.1, 0.15) is 18.9 Å².